The van der Waals surface area contributed by atoms with Crippen molar-refractivity contribution in [2.45, 2.75) is 32.2 Å². The molecule has 1 aromatic carbocycles. The lowest BCUT2D eigenvalue weighted by Gasteiger charge is -2.32. The van der Waals surface area contributed by atoms with E-state index in [0.717, 1.165) is 66.4 Å². The second kappa shape index (κ2) is 9.13. The van der Waals surface area contributed by atoms with Crippen molar-refractivity contribution < 1.29 is 9.59 Å². The third-order valence-electron chi connectivity index (χ3n) is 6.26. The zero-order chi connectivity index (χ0) is 22.1. The van der Waals surface area contributed by atoms with E-state index >= 15 is 0 Å². The number of nitrogens with one attached hydrogen (secondary N) is 1. The van der Waals surface area contributed by atoms with Crippen molar-refractivity contribution >= 4 is 40.2 Å². The van der Waals surface area contributed by atoms with Crippen LogP contribution in [0.2, 0.25) is 0 Å². The summed E-state index contributed by atoms with van der Waals surface area (Å²) in [7, 11) is 0. The summed E-state index contributed by atoms with van der Waals surface area (Å²) in [6, 6.07) is 8.34. The quantitative estimate of drug-likeness (QED) is 0.618. The maximum atomic E-state index is 13.1. The molecule has 0 saturated carbocycles. The Morgan fingerprint density at radius 1 is 1.16 bits per heavy atom. The highest BCUT2D eigenvalue weighted by molar-refractivity contribution is 7.09. The topological polar surface area (TPSA) is 65.5 Å². The molecule has 4 heterocycles. The van der Waals surface area contributed by atoms with Crippen LogP contribution in [0.4, 0.5) is 5.69 Å². The average molecular weight is 467 g/mol. The van der Waals surface area contributed by atoms with Gasteiger partial charge < -0.3 is 10.2 Å². The zero-order valence-electron chi connectivity index (χ0n) is 18.0. The molecule has 32 heavy (non-hydrogen) atoms. The summed E-state index contributed by atoms with van der Waals surface area (Å²) in [5, 5.41) is 10.1. The molecule has 166 valence electrons. The van der Waals surface area contributed by atoms with Gasteiger partial charge >= 0.3 is 0 Å². The van der Waals surface area contributed by atoms with Gasteiger partial charge in [0.15, 0.2) is 0 Å². The van der Waals surface area contributed by atoms with Gasteiger partial charge in [0.05, 0.1) is 17.2 Å². The molecule has 2 amide bonds. The van der Waals surface area contributed by atoms with Gasteiger partial charge in [-0.1, -0.05) is 6.07 Å². The molecule has 0 spiro atoms. The highest BCUT2D eigenvalue weighted by atomic mass is 32.1. The monoisotopic (exact) mass is 466 g/mol. The Kier molecular flexibility index (Phi) is 6.08. The maximum Gasteiger partial charge on any atom is 0.252 e. The molecule has 0 unspecified atom stereocenters. The molecule has 1 N–H and O–H groups in total. The predicted octanol–water partition coefficient (Wildman–Crippen LogP) is 3.96. The number of anilines is 1. The predicted molar refractivity (Wildman–Crippen MR) is 130 cm³/mol. The van der Waals surface area contributed by atoms with E-state index in [2.05, 4.69) is 38.8 Å². The molecular weight excluding hydrogens is 440 g/mol. The van der Waals surface area contributed by atoms with Crippen molar-refractivity contribution in [3.8, 4) is 11.3 Å². The number of fused-ring (bicyclic) bond motifs is 1. The molecule has 0 atom stereocenters. The summed E-state index contributed by atoms with van der Waals surface area (Å²) < 4.78 is 0. The zero-order valence-corrected chi connectivity index (χ0v) is 19.7. The van der Waals surface area contributed by atoms with E-state index in [1.54, 1.807) is 11.3 Å². The number of likely N-dealkylation sites (tertiary alicyclic amines) is 1. The Labute approximate surface area is 195 Å². The Morgan fingerprint density at radius 2 is 2.00 bits per heavy atom. The number of benzene rings is 1. The fourth-order valence-electron chi connectivity index (χ4n) is 4.49. The van der Waals surface area contributed by atoms with Gasteiger partial charge in [-0.05, 0) is 55.3 Å². The number of rotatable bonds is 5. The van der Waals surface area contributed by atoms with Crippen LogP contribution in [0.5, 0.6) is 0 Å². The lowest BCUT2D eigenvalue weighted by molar-refractivity contribution is -0.119. The SMILES string of the molecule is Cc1nc(-c2ccc3c(c2)CCN3C(=O)CN2CCC(NC(=O)c3ccsc3)CC2)cs1. The second-order valence-electron chi connectivity index (χ2n) is 8.43. The summed E-state index contributed by atoms with van der Waals surface area (Å²) in [6.45, 7) is 4.83. The molecule has 3 aromatic rings. The van der Waals surface area contributed by atoms with Crippen LogP contribution < -0.4 is 10.2 Å². The molecule has 0 aliphatic carbocycles. The minimum atomic E-state index is 0.00151. The van der Waals surface area contributed by atoms with E-state index in [-0.39, 0.29) is 17.9 Å². The number of hydrogen-bond acceptors (Lipinski definition) is 6. The average Bonchev–Trinajstić information content (AvgIpc) is 3.55. The first kappa shape index (κ1) is 21.3. The molecule has 1 fully saturated rings. The van der Waals surface area contributed by atoms with Gasteiger partial charge in [0.1, 0.15) is 0 Å². The summed E-state index contributed by atoms with van der Waals surface area (Å²) in [6.07, 6.45) is 2.63. The number of amides is 2. The van der Waals surface area contributed by atoms with Gasteiger partial charge in [-0.2, -0.15) is 11.3 Å². The largest absolute Gasteiger partial charge is 0.349 e. The van der Waals surface area contributed by atoms with Crippen LogP contribution in [0, 0.1) is 6.92 Å². The van der Waals surface area contributed by atoms with Crippen molar-refractivity contribution in [1.82, 2.24) is 15.2 Å². The van der Waals surface area contributed by atoms with Crippen LogP contribution in [-0.4, -0.2) is 53.9 Å². The lowest BCUT2D eigenvalue weighted by atomic mass is 10.0. The van der Waals surface area contributed by atoms with Crippen molar-refractivity contribution in [2.24, 2.45) is 0 Å². The van der Waals surface area contributed by atoms with E-state index in [1.165, 1.54) is 16.9 Å². The number of aromatic nitrogens is 1. The van der Waals surface area contributed by atoms with E-state index in [0.29, 0.717) is 6.54 Å². The Hall–Kier alpha value is -2.55. The molecule has 2 aliphatic rings. The van der Waals surface area contributed by atoms with Crippen LogP contribution in [0.1, 0.15) is 33.8 Å². The van der Waals surface area contributed by atoms with Gasteiger partial charge in [0.2, 0.25) is 5.91 Å². The molecule has 1 saturated heterocycles. The fourth-order valence-corrected chi connectivity index (χ4v) is 5.75. The Balaban J connectivity index is 1.15. The van der Waals surface area contributed by atoms with E-state index < -0.39 is 0 Å². The van der Waals surface area contributed by atoms with Crippen LogP contribution in [0.25, 0.3) is 11.3 Å². The number of hydrogen-bond donors (Lipinski definition) is 1. The van der Waals surface area contributed by atoms with Crippen LogP contribution in [-0.2, 0) is 11.2 Å². The standard InChI is InChI=1S/C24H26N4O2S2/c1-16-25-21(15-32-16)17-2-3-22-18(12-17)4-10-28(22)23(29)13-27-8-5-20(6-9-27)26-24(30)19-7-11-31-14-19/h2-3,7,11-12,14-15,20H,4-6,8-10,13H2,1H3,(H,26,30). The Bertz CT molecular complexity index is 1120. The van der Waals surface area contributed by atoms with E-state index in [9.17, 15) is 9.59 Å². The van der Waals surface area contributed by atoms with Crippen LogP contribution >= 0.6 is 22.7 Å². The summed E-state index contributed by atoms with van der Waals surface area (Å²) in [4.78, 5) is 34.0. The highest BCUT2D eigenvalue weighted by Gasteiger charge is 2.28. The fraction of sp³-hybridized carbons (Fsp3) is 0.375. The number of piperidine rings is 1. The minimum Gasteiger partial charge on any atom is -0.349 e. The molecule has 5 rings (SSSR count). The molecular formula is C24H26N4O2S2. The molecule has 0 bridgehead atoms. The molecule has 6 nitrogen and oxygen atoms in total. The summed E-state index contributed by atoms with van der Waals surface area (Å²) in [5.74, 6) is 0.156. The van der Waals surface area contributed by atoms with Gasteiger partial charge in [0, 0.05) is 53.3 Å². The van der Waals surface area contributed by atoms with Crippen molar-refractivity contribution in [3.05, 3.63) is 56.5 Å². The van der Waals surface area contributed by atoms with Crippen molar-refractivity contribution in [2.75, 3.05) is 31.1 Å². The van der Waals surface area contributed by atoms with Gasteiger partial charge in [-0.3, -0.25) is 14.5 Å². The normalized spacial score (nSPS) is 16.8. The first-order chi connectivity index (χ1) is 15.6. The molecule has 0 radical (unpaired) electrons. The number of aryl methyl sites for hydroxylation is 1. The number of thiophene rings is 1. The van der Waals surface area contributed by atoms with E-state index in [4.69, 9.17) is 0 Å². The molecule has 2 aliphatic heterocycles. The smallest absolute Gasteiger partial charge is 0.252 e. The van der Waals surface area contributed by atoms with Crippen molar-refractivity contribution in [3.63, 3.8) is 0 Å². The van der Waals surface area contributed by atoms with Gasteiger partial charge in [-0.25, -0.2) is 4.98 Å². The van der Waals surface area contributed by atoms with Crippen LogP contribution in [0.15, 0.2) is 40.4 Å². The maximum absolute atomic E-state index is 13.1. The molecule has 8 heteroatoms. The minimum absolute atomic E-state index is 0.00151. The summed E-state index contributed by atoms with van der Waals surface area (Å²) >= 11 is 3.19. The van der Waals surface area contributed by atoms with Crippen molar-refractivity contribution in [1.29, 1.82) is 0 Å². The first-order valence-electron chi connectivity index (χ1n) is 11.0. The second-order valence-corrected chi connectivity index (χ2v) is 10.3. The van der Waals surface area contributed by atoms with Crippen LogP contribution in [0.3, 0.4) is 0 Å². The Morgan fingerprint density at radius 3 is 2.72 bits per heavy atom. The number of thiazole rings is 1. The summed E-state index contributed by atoms with van der Waals surface area (Å²) in [5.41, 5.74) is 5.11. The number of carbonyl (C=O) groups is 2. The van der Waals surface area contributed by atoms with E-state index in [1.807, 2.05) is 28.7 Å². The molecule has 2 aromatic heterocycles. The third-order valence-corrected chi connectivity index (χ3v) is 7.71. The first-order valence-corrected chi connectivity index (χ1v) is 12.8. The highest BCUT2D eigenvalue weighted by Crippen LogP contribution is 2.33. The number of carbonyl (C=O) groups excluding carboxylic acids is 2. The number of nitrogens with zero attached hydrogens (tertiary/aromatic N) is 3. The third kappa shape index (κ3) is 4.48. The lowest BCUT2D eigenvalue weighted by Crippen LogP contribution is -2.48. The van der Waals surface area contributed by atoms with Gasteiger partial charge in [0.25, 0.3) is 5.91 Å². The van der Waals surface area contributed by atoms with Gasteiger partial charge in [-0.15, -0.1) is 11.3 Å².